The van der Waals surface area contributed by atoms with Crippen LogP contribution in [0.25, 0.3) is 10.4 Å². The van der Waals surface area contributed by atoms with Gasteiger partial charge in [0.2, 0.25) is 0 Å². The number of pyridine rings is 1. The number of hydrogen-bond acceptors (Lipinski definition) is 3. The lowest BCUT2D eigenvalue weighted by molar-refractivity contribution is -0.141. The largest absolute Gasteiger partial charge is 0.433 e. The Morgan fingerprint density at radius 1 is 1.38 bits per heavy atom. The highest BCUT2D eigenvalue weighted by atomic mass is 79.9. The van der Waals surface area contributed by atoms with Gasteiger partial charge in [0.15, 0.2) is 0 Å². The summed E-state index contributed by atoms with van der Waals surface area (Å²) in [5.74, 6) is 0. The van der Waals surface area contributed by atoms with Gasteiger partial charge in [0.1, 0.15) is 10.3 Å². The zero-order chi connectivity index (χ0) is 15.5. The molecule has 110 valence electrons. The van der Waals surface area contributed by atoms with Crippen molar-refractivity contribution in [2.45, 2.75) is 19.3 Å². The average molecular weight is 361 g/mol. The van der Waals surface area contributed by atoms with Crippen LogP contribution >= 0.6 is 15.9 Å². The van der Waals surface area contributed by atoms with E-state index in [0.29, 0.717) is 15.7 Å². The van der Waals surface area contributed by atoms with Crippen LogP contribution in [0.3, 0.4) is 0 Å². The number of alkyl halides is 3. The summed E-state index contributed by atoms with van der Waals surface area (Å²) in [6.45, 7) is 0.405. The van der Waals surface area contributed by atoms with E-state index in [9.17, 15) is 13.2 Å². The molecule has 2 aromatic rings. The molecule has 0 aliphatic rings. The van der Waals surface area contributed by atoms with E-state index in [2.05, 4.69) is 36.0 Å². The lowest BCUT2D eigenvalue weighted by Crippen LogP contribution is -2.08. The molecule has 0 spiro atoms. The van der Waals surface area contributed by atoms with Gasteiger partial charge in [-0.15, -0.1) is 0 Å². The van der Waals surface area contributed by atoms with Crippen molar-refractivity contribution >= 4 is 15.9 Å². The summed E-state index contributed by atoms with van der Waals surface area (Å²) in [5.41, 5.74) is 8.60. The van der Waals surface area contributed by atoms with Crippen LogP contribution in [0.4, 0.5) is 13.2 Å². The third-order valence-electron chi connectivity index (χ3n) is 2.55. The predicted octanol–water partition coefficient (Wildman–Crippen LogP) is 3.92. The summed E-state index contributed by atoms with van der Waals surface area (Å²) in [7, 11) is 0. The highest BCUT2D eigenvalue weighted by molar-refractivity contribution is 9.10. The number of rotatable bonds is 4. The molecule has 6 nitrogen and oxygen atoms in total. The maximum Gasteiger partial charge on any atom is 0.433 e. The molecule has 0 saturated carbocycles. The van der Waals surface area contributed by atoms with Gasteiger partial charge in [0.25, 0.3) is 0 Å². The van der Waals surface area contributed by atoms with Crippen LogP contribution < -0.4 is 0 Å². The molecule has 0 radical (unpaired) electrons. The molecule has 0 fully saturated rings. The van der Waals surface area contributed by atoms with Crippen molar-refractivity contribution in [1.82, 2.24) is 14.8 Å². The molecule has 0 bridgehead atoms. The predicted molar refractivity (Wildman–Crippen MR) is 71.1 cm³/mol. The van der Waals surface area contributed by atoms with E-state index < -0.39 is 11.9 Å². The van der Waals surface area contributed by atoms with E-state index in [-0.39, 0.29) is 13.1 Å². The number of azide groups is 1. The lowest BCUT2D eigenvalue weighted by Gasteiger charge is -2.06. The number of hydrogen-bond donors (Lipinski definition) is 0. The Kier molecular flexibility index (Phi) is 4.49. The first-order valence-corrected chi connectivity index (χ1v) is 6.44. The smallest absolute Gasteiger partial charge is 0.267 e. The van der Waals surface area contributed by atoms with E-state index in [1.165, 1.54) is 10.7 Å². The average Bonchev–Trinajstić information content (AvgIpc) is 2.76. The van der Waals surface area contributed by atoms with Crippen LogP contribution in [0.2, 0.25) is 0 Å². The van der Waals surface area contributed by atoms with Crippen molar-refractivity contribution in [2.75, 3.05) is 0 Å². The first-order valence-electron chi connectivity index (χ1n) is 5.65. The van der Waals surface area contributed by atoms with Crippen molar-refractivity contribution in [3.63, 3.8) is 0 Å². The zero-order valence-electron chi connectivity index (χ0n) is 10.4. The topological polar surface area (TPSA) is 79.5 Å². The summed E-state index contributed by atoms with van der Waals surface area (Å²) in [4.78, 5) is 6.03. The molecule has 0 unspecified atom stereocenters. The second-order valence-electron chi connectivity index (χ2n) is 4.08. The number of nitrogens with zero attached hydrogens (tertiary/aromatic N) is 6. The molecule has 10 heteroatoms. The quantitative estimate of drug-likeness (QED) is 0.470. The maximum atomic E-state index is 12.4. The normalized spacial score (nSPS) is 11.2. The second-order valence-corrected chi connectivity index (χ2v) is 4.83. The van der Waals surface area contributed by atoms with Gasteiger partial charge in [0.05, 0.1) is 13.1 Å². The standard InChI is InChI=1S/C11H8BrF3N6/c12-10-8(4-18-20-16)6-21(19-10)5-7-1-2-9(17-3-7)11(13,14)15/h1-3,6H,4-5H2. The van der Waals surface area contributed by atoms with Gasteiger partial charge in [-0.3, -0.25) is 9.67 Å². The molecule has 2 rings (SSSR count). The van der Waals surface area contributed by atoms with Gasteiger partial charge in [0, 0.05) is 22.9 Å². The van der Waals surface area contributed by atoms with Crippen molar-refractivity contribution in [2.24, 2.45) is 5.11 Å². The van der Waals surface area contributed by atoms with Gasteiger partial charge in [-0.2, -0.15) is 18.3 Å². The minimum atomic E-state index is -4.45. The fraction of sp³-hybridized carbons (Fsp3) is 0.273. The van der Waals surface area contributed by atoms with Crippen molar-refractivity contribution in [1.29, 1.82) is 0 Å². The molecule has 21 heavy (non-hydrogen) atoms. The molecular formula is C11H8BrF3N6. The first-order chi connectivity index (χ1) is 9.90. The van der Waals surface area contributed by atoms with Crippen LogP contribution in [0.15, 0.2) is 34.2 Å². The first kappa shape index (κ1) is 15.3. The molecular weight excluding hydrogens is 353 g/mol. The highest BCUT2D eigenvalue weighted by Crippen LogP contribution is 2.27. The third kappa shape index (κ3) is 3.96. The molecule has 0 saturated heterocycles. The van der Waals surface area contributed by atoms with E-state index >= 15 is 0 Å². The van der Waals surface area contributed by atoms with Gasteiger partial charge < -0.3 is 0 Å². The fourth-order valence-corrected chi connectivity index (χ4v) is 2.04. The highest BCUT2D eigenvalue weighted by Gasteiger charge is 2.31. The molecule has 0 amide bonds. The minimum absolute atomic E-state index is 0.141. The number of halogens is 4. The monoisotopic (exact) mass is 360 g/mol. The van der Waals surface area contributed by atoms with E-state index in [1.807, 2.05) is 0 Å². The van der Waals surface area contributed by atoms with Crippen LogP contribution in [0.1, 0.15) is 16.8 Å². The van der Waals surface area contributed by atoms with E-state index in [4.69, 9.17) is 5.53 Å². The van der Waals surface area contributed by atoms with Gasteiger partial charge in [-0.25, -0.2) is 0 Å². The molecule has 0 aliphatic heterocycles. The third-order valence-corrected chi connectivity index (χ3v) is 3.22. The minimum Gasteiger partial charge on any atom is -0.267 e. The SMILES string of the molecule is [N-]=[N+]=NCc1cn(Cc2ccc(C(F)(F)F)nc2)nc1Br. The summed E-state index contributed by atoms with van der Waals surface area (Å²) in [6, 6.07) is 2.27. The second kappa shape index (κ2) is 6.15. The lowest BCUT2D eigenvalue weighted by atomic mass is 10.2. The Labute approximate surface area is 125 Å². The van der Waals surface area contributed by atoms with E-state index in [0.717, 1.165) is 12.3 Å². The summed E-state index contributed by atoms with van der Waals surface area (Å²) in [5, 5.41) is 7.55. The summed E-state index contributed by atoms with van der Waals surface area (Å²) < 4.78 is 39.2. The van der Waals surface area contributed by atoms with E-state index in [1.54, 1.807) is 6.20 Å². The Morgan fingerprint density at radius 3 is 2.71 bits per heavy atom. The summed E-state index contributed by atoms with van der Waals surface area (Å²) in [6.07, 6.45) is -1.64. The van der Waals surface area contributed by atoms with Crippen molar-refractivity contribution < 1.29 is 13.2 Å². The molecule has 0 N–H and O–H groups in total. The fourth-order valence-electron chi connectivity index (χ4n) is 1.61. The Bertz CT molecular complexity index is 672. The van der Waals surface area contributed by atoms with Crippen molar-refractivity contribution in [3.8, 4) is 0 Å². The Hall–Kier alpha value is -2.06. The van der Waals surface area contributed by atoms with Gasteiger partial charge in [-0.1, -0.05) is 11.2 Å². The summed E-state index contributed by atoms with van der Waals surface area (Å²) >= 11 is 3.22. The van der Waals surface area contributed by atoms with Gasteiger partial charge in [-0.05, 0) is 33.1 Å². The van der Waals surface area contributed by atoms with Crippen LogP contribution in [0, 0.1) is 0 Å². The Balaban J connectivity index is 2.13. The molecule has 0 aromatic carbocycles. The zero-order valence-corrected chi connectivity index (χ0v) is 12.0. The molecule has 0 aliphatic carbocycles. The molecule has 0 atom stereocenters. The van der Waals surface area contributed by atoms with Crippen LogP contribution in [-0.2, 0) is 19.3 Å². The van der Waals surface area contributed by atoms with Crippen LogP contribution in [0.5, 0.6) is 0 Å². The Morgan fingerprint density at radius 2 is 2.14 bits per heavy atom. The van der Waals surface area contributed by atoms with Gasteiger partial charge >= 0.3 is 6.18 Å². The maximum absolute atomic E-state index is 12.4. The molecule has 2 aromatic heterocycles. The van der Waals surface area contributed by atoms with Crippen molar-refractivity contribution in [3.05, 3.63) is 56.4 Å². The molecule has 2 heterocycles. The number of aromatic nitrogens is 3. The van der Waals surface area contributed by atoms with Crippen LogP contribution in [-0.4, -0.2) is 14.8 Å².